The van der Waals surface area contributed by atoms with E-state index in [0.29, 0.717) is 24.3 Å². The predicted molar refractivity (Wildman–Crippen MR) is 142 cm³/mol. The zero-order valence-corrected chi connectivity index (χ0v) is 26.0. The Hall–Kier alpha value is -2.54. The Balaban J connectivity index is 0.000000477. The van der Waals surface area contributed by atoms with E-state index in [2.05, 4.69) is 64.1 Å². The number of benzene rings is 2. The number of halogens is 12. The van der Waals surface area contributed by atoms with Gasteiger partial charge in [0.25, 0.3) is 11.5 Å². The molecule has 45 heavy (non-hydrogen) atoms. The van der Waals surface area contributed by atoms with Crippen molar-refractivity contribution in [2.75, 3.05) is 42.3 Å². The molecule has 0 atom stereocenters. The first-order chi connectivity index (χ1) is 20.2. The van der Waals surface area contributed by atoms with Crippen LogP contribution < -0.4 is 10.4 Å². The van der Waals surface area contributed by atoms with Crippen molar-refractivity contribution in [2.24, 2.45) is 0 Å². The van der Waals surface area contributed by atoms with Gasteiger partial charge in [0.15, 0.2) is 0 Å². The zero-order chi connectivity index (χ0) is 34.8. The summed E-state index contributed by atoms with van der Waals surface area (Å²) in [7, 11) is 5.01. The number of nitriles is 1. The second-order valence-corrected chi connectivity index (χ2v) is 17.0. The van der Waals surface area contributed by atoms with Crippen molar-refractivity contribution >= 4 is 29.7 Å². The van der Waals surface area contributed by atoms with E-state index in [4.69, 9.17) is 0 Å². The number of rotatable bonds is 3. The van der Waals surface area contributed by atoms with Crippen LogP contribution in [0.25, 0.3) is 0 Å². The molecule has 2 aromatic rings. The number of alkyl halides is 12. The van der Waals surface area contributed by atoms with Gasteiger partial charge in [-0.25, -0.2) is 0 Å². The first kappa shape index (κ1) is 36.9. The molecular weight excluding hydrogens is 676 g/mol. The van der Waals surface area contributed by atoms with Gasteiger partial charge in [0.1, 0.15) is 0 Å². The summed E-state index contributed by atoms with van der Waals surface area (Å²) in [6.45, 7) is 0. The second-order valence-electron chi connectivity index (χ2n) is 10.5. The van der Waals surface area contributed by atoms with Gasteiger partial charge in [0.05, 0.1) is 0 Å². The van der Waals surface area contributed by atoms with E-state index >= 15 is 0 Å². The molecule has 4 rings (SSSR count). The third-order valence-corrected chi connectivity index (χ3v) is 13.7. The Labute approximate surface area is 253 Å². The maximum absolute atomic E-state index is 14.1. The Morgan fingerprint density at radius 1 is 0.578 bits per heavy atom. The van der Waals surface area contributed by atoms with Crippen LogP contribution in [0.3, 0.4) is 0 Å². The molecule has 0 radical (unpaired) electrons. The van der Waals surface area contributed by atoms with Gasteiger partial charge in [-0.2, -0.15) is 0 Å². The summed E-state index contributed by atoms with van der Waals surface area (Å²) in [4.78, 5) is 0. The van der Waals surface area contributed by atoms with Crippen LogP contribution in [0.4, 0.5) is 52.7 Å². The van der Waals surface area contributed by atoms with Crippen molar-refractivity contribution in [3.05, 3.63) is 59.7 Å². The molecule has 2 aromatic carbocycles. The quantitative estimate of drug-likeness (QED) is 0.256. The molecule has 0 unspecified atom stereocenters. The van der Waals surface area contributed by atoms with Crippen LogP contribution in [0.15, 0.2) is 48.5 Å². The normalized spacial score (nSPS) is 20.8. The van der Waals surface area contributed by atoms with Gasteiger partial charge in [-0.3, -0.25) is 0 Å². The zero-order valence-electron chi connectivity index (χ0n) is 24.2. The van der Waals surface area contributed by atoms with Gasteiger partial charge < -0.3 is 0 Å². The first-order valence-corrected chi connectivity index (χ1v) is 15.9. The van der Waals surface area contributed by atoms with Crippen LogP contribution in [-0.4, -0.2) is 87.7 Å². The molecule has 2 heterocycles. The van der Waals surface area contributed by atoms with Gasteiger partial charge in [-0.05, 0) is 0 Å². The average Bonchev–Trinajstić information content (AvgIpc) is 3.32. The maximum atomic E-state index is 14.1. The molecule has 0 N–H and O–H groups in total. The fourth-order valence-electron chi connectivity index (χ4n) is 5.76. The van der Waals surface area contributed by atoms with Crippen LogP contribution in [0, 0.1) is 11.0 Å². The van der Waals surface area contributed by atoms with Gasteiger partial charge in [-0.1, -0.05) is 12.9 Å². The van der Waals surface area contributed by atoms with Crippen LogP contribution in [0.5, 0.6) is 0 Å². The van der Waals surface area contributed by atoms with Crippen LogP contribution in [0.2, 0.25) is 0 Å². The number of fused-ring (bicyclic) bond motifs is 4. The van der Waals surface area contributed by atoms with Gasteiger partial charge in [-0.15, -0.1) is 0 Å². The molecule has 2 aliphatic heterocycles. The second kappa shape index (κ2) is 11.0. The summed E-state index contributed by atoms with van der Waals surface area (Å²) < 4.78 is 185. The summed E-state index contributed by atoms with van der Waals surface area (Å²) in [6, 6.07) is 3.87. The van der Waals surface area contributed by atoms with E-state index < -0.39 is 65.2 Å². The standard InChI is InChI=1S/C19H8F12NO2Si.C6H18N3S/c20-16(21,22)14(17(23,24)25)10-5-1-3-7-12(10)35(9-32,33-14)13-8-4-2-6-11(13)15(34-35,18(26,27)28)19(29,30)31;1-7(2)10(8(3)4)9(5)6/h1-8H;1-6H3/q-1;+1. The van der Waals surface area contributed by atoms with Crippen LogP contribution in [0.1, 0.15) is 11.1 Å². The van der Waals surface area contributed by atoms with E-state index in [-0.39, 0.29) is 23.6 Å². The SMILES string of the molecule is CN(C)[S+](N(C)C)N(C)C.N#C[Si-]12(OC(C(F)(F)F)(C(F)(F)F)c3ccccc31)OC(C(F)(F)F)(C(F)(F)F)c1ccccc12. The molecular formula is C25H26F12N4O2SSi. The fraction of sp³-hybridized carbons (Fsp3) is 0.480. The van der Waals surface area contributed by atoms with Gasteiger partial charge >= 0.3 is 186 Å². The summed E-state index contributed by atoms with van der Waals surface area (Å²) in [5.41, 5.74) is -13.8. The number of hydrogen-bond donors (Lipinski definition) is 0. The molecule has 0 saturated heterocycles. The Morgan fingerprint density at radius 2 is 0.844 bits per heavy atom. The predicted octanol–water partition coefficient (Wildman–Crippen LogP) is 4.99. The monoisotopic (exact) mass is 702 g/mol. The fourth-order valence-corrected chi connectivity index (χ4v) is 13.0. The molecule has 0 amide bonds. The molecule has 0 fully saturated rings. The topological polar surface area (TPSA) is 52.0 Å². The number of hydrogen-bond acceptors (Lipinski definition) is 6. The van der Waals surface area contributed by atoms with Crippen molar-refractivity contribution in [1.82, 2.24) is 12.9 Å². The molecule has 0 aliphatic carbocycles. The van der Waals surface area contributed by atoms with Crippen molar-refractivity contribution in [3.63, 3.8) is 0 Å². The van der Waals surface area contributed by atoms with E-state index in [1.54, 1.807) is 0 Å². The molecule has 0 bridgehead atoms. The minimum absolute atomic E-state index is 0.120. The summed E-state index contributed by atoms with van der Waals surface area (Å²) in [5, 5.41) is 7.07. The Kier molecular flexibility index (Phi) is 9.04. The van der Waals surface area contributed by atoms with E-state index in [0.717, 1.165) is 17.8 Å². The van der Waals surface area contributed by atoms with Gasteiger partial charge in [0.2, 0.25) is 0 Å². The molecule has 252 valence electrons. The molecule has 0 aromatic heterocycles. The van der Waals surface area contributed by atoms with Gasteiger partial charge in [0, 0.05) is 42.3 Å². The average molecular weight is 703 g/mol. The Morgan fingerprint density at radius 3 is 1.04 bits per heavy atom. The molecule has 2 aliphatic rings. The molecule has 1 spiro atoms. The third-order valence-electron chi connectivity index (χ3n) is 7.07. The summed E-state index contributed by atoms with van der Waals surface area (Å²) in [6.07, 6.45) is -25.9. The van der Waals surface area contributed by atoms with Crippen LogP contribution in [-0.2, 0) is 31.5 Å². The number of nitrogens with zero attached hydrogens (tertiary/aromatic N) is 4. The molecule has 20 heteroatoms. The Bertz CT molecular complexity index is 1330. The van der Waals surface area contributed by atoms with Crippen molar-refractivity contribution < 1.29 is 61.5 Å². The van der Waals surface area contributed by atoms with E-state index in [9.17, 15) is 57.9 Å². The molecule has 0 saturated carbocycles. The minimum atomic E-state index is -7.51. The van der Waals surface area contributed by atoms with Crippen molar-refractivity contribution in [1.29, 1.82) is 5.26 Å². The summed E-state index contributed by atoms with van der Waals surface area (Å²) >= 11 is 0.120. The van der Waals surface area contributed by atoms with E-state index in [1.807, 2.05) is 0 Å². The van der Waals surface area contributed by atoms with E-state index in [1.165, 1.54) is 0 Å². The van der Waals surface area contributed by atoms with Crippen molar-refractivity contribution in [3.8, 4) is 5.69 Å². The molecule has 6 nitrogen and oxygen atoms in total. The summed E-state index contributed by atoms with van der Waals surface area (Å²) in [5.74, 6) is 0. The van der Waals surface area contributed by atoms with Crippen molar-refractivity contribution in [2.45, 2.75) is 35.9 Å². The third kappa shape index (κ3) is 5.01. The van der Waals surface area contributed by atoms with Crippen LogP contribution >= 0.6 is 0 Å². The first-order valence-electron chi connectivity index (χ1n) is 12.4.